The van der Waals surface area contributed by atoms with Crippen molar-refractivity contribution in [2.75, 3.05) is 50.8 Å². The molecule has 2 aliphatic heterocycles. The van der Waals surface area contributed by atoms with Crippen molar-refractivity contribution in [1.29, 1.82) is 0 Å². The molecule has 2 N–H and O–H groups in total. The minimum atomic E-state index is -0.798. The Bertz CT molecular complexity index is 348. The smallest absolute Gasteiger partial charge is 0.317 e. The molecule has 114 valence electrons. The maximum Gasteiger partial charge on any atom is 0.317 e. The van der Waals surface area contributed by atoms with Crippen LogP contribution in [0, 0.1) is 5.92 Å². The molecular formula is C13H23N3O3S. The van der Waals surface area contributed by atoms with Crippen LogP contribution < -0.4 is 5.32 Å². The predicted molar refractivity (Wildman–Crippen MR) is 79.1 cm³/mol. The highest BCUT2D eigenvalue weighted by Gasteiger charge is 2.27. The van der Waals surface area contributed by atoms with E-state index >= 15 is 0 Å². The van der Waals surface area contributed by atoms with Crippen LogP contribution in [0.5, 0.6) is 0 Å². The summed E-state index contributed by atoms with van der Waals surface area (Å²) in [6.07, 6.45) is 1.44. The molecule has 20 heavy (non-hydrogen) atoms. The number of carboxylic acid groups (broad SMARTS) is 1. The molecule has 2 heterocycles. The van der Waals surface area contributed by atoms with Gasteiger partial charge in [0.25, 0.3) is 0 Å². The molecule has 0 aromatic carbocycles. The lowest BCUT2D eigenvalue weighted by Crippen LogP contribution is -2.48. The third kappa shape index (κ3) is 4.56. The quantitative estimate of drug-likeness (QED) is 0.793. The van der Waals surface area contributed by atoms with Crippen LogP contribution in [-0.4, -0.2) is 77.7 Å². The van der Waals surface area contributed by atoms with Gasteiger partial charge in [0.15, 0.2) is 0 Å². The summed E-state index contributed by atoms with van der Waals surface area (Å²) >= 11 is 1.97. The van der Waals surface area contributed by atoms with Crippen LogP contribution in [0.3, 0.4) is 0 Å². The van der Waals surface area contributed by atoms with E-state index in [9.17, 15) is 9.59 Å². The summed E-state index contributed by atoms with van der Waals surface area (Å²) in [7, 11) is 0. The third-order valence-corrected chi connectivity index (χ3v) is 4.81. The van der Waals surface area contributed by atoms with Gasteiger partial charge in [-0.3, -0.25) is 9.69 Å². The molecule has 2 fully saturated rings. The van der Waals surface area contributed by atoms with Crippen LogP contribution in [0.15, 0.2) is 0 Å². The number of amides is 2. The second-order valence-electron chi connectivity index (χ2n) is 5.31. The van der Waals surface area contributed by atoms with Crippen LogP contribution in [0.2, 0.25) is 0 Å². The van der Waals surface area contributed by atoms with E-state index in [0.29, 0.717) is 26.1 Å². The van der Waals surface area contributed by atoms with Gasteiger partial charge in [-0.15, -0.1) is 0 Å². The third-order valence-electron chi connectivity index (χ3n) is 3.87. The molecule has 0 saturated carbocycles. The Hall–Kier alpha value is -0.950. The van der Waals surface area contributed by atoms with E-state index in [1.54, 1.807) is 4.90 Å². The van der Waals surface area contributed by atoms with Gasteiger partial charge in [0.05, 0.1) is 5.92 Å². The van der Waals surface area contributed by atoms with Gasteiger partial charge >= 0.3 is 12.0 Å². The van der Waals surface area contributed by atoms with Gasteiger partial charge in [-0.05, 0) is 12.8 Å². The highest BCUT2D eigenvalue weighted by Crippen LogP contribution is 2.16. The Kier molecular flexibility index (Phi) is 5.97. The minimum absolute atomic E-state index is 0.123. The summed E-state index contributed by atoms with van der Waals surface area (Å²) in [4.78, 5) is 27.0. The predicted octanol–water partition coefficient (Wildman–Crippen LogP) is 0.541. The zero-order valence-electron chi connectivity index (χ0n) is 11.7. The standard InChI is InChI=1S/C13H23N3O3S/c17-12(18)11-2-1-4-16(10-11)13(19)14-3-5-15-6-8-20-9-7-15/h11H,1-10H2,(H,14,19)(H,17,18). The fraction of sp³-hybridized carbons (Fsp3) is 0.846. The number of aliphatic carboxylic acids is 1. The first-order chi connectivity index (χ1) is 9.66. The van der Waals surface area contributed by atoms with Crippen molar-refractivity contribution < 1.29 is 14.7 Å². The first-order valence-corrected chi connectivity index (χ1v) is 8.38. The molecule has 0 bridgehead atoms. The number of piperidine rings is 1. The second kappa shape index (κ2) is 7.73. The lowest BCUT2D eigenvalue weighted by molar-refractivity contribution is -0.143. The second-order valence-corrected chi connectivity index (χ2v) is 6.53. The Morgan fingerprint density at radius 2 is 2.00 bits per heavy atom. The maximum absolute atomic E-state index is 12.0. The maximum atomic E-state index is 12.0. The summed E-state index contributed by atoms with van der Waals surface area (Å²) in [6, 6.07) is -0.123. The number of nitrogens with zero attached hydrogens (tertiary/aromatic N) is 2. The Morgan fingerprint density at radius 1 is 1.25 bits per heavy atom. The van der Waals surface area contributed by atoms with Crippen molar-refractivity contribution in [3.63, 3.8) is 0 Å². The fourth-order valence-corrected chi connectivity index (χ4v) is 3.60. The average molecular weight is 301 g/mol. The molecule has 1 atom stereocenters. The van der Waals surface area contributed by atoms with E-state index < -0.39 is 11.9 Å². The molecule has 6 nitrogen and oxygen atoms in total. The van der Waals surface area contributed by atoms with Gasteiger partial charge in [0, 0.05) is 50.8 Å². The van der Waals surface area contributed by atoms with E-state index in [0.717, 1.165) is 26.1 Å². The van der Waals surface area contributed by atoms with Crippen LogP contribution >= 0.6 is 11.8 Å². The van der Waals surface area contributed by atoms with Crippen LogP contribution in [0.1, 0.15) is 12.8 Å². The molecule has 2 saturated heterocycles. The van der Waals surface area contributed by atoms with Gasteiger partial charge in [-0.2, -0.15) is 11.8 Å². The molecule has 0 aromatic rings. The number of nitrogens with one attached hydrogen (secondary N) is 1. The summed E-state index contributed by atoms with van der Waals surface area (Å²) in [5.41, 5.74) is 0. The minimum Gasteiger partial charge on any atom is -0.481 e. The number of hydrogen-bond acceptors (Lipinski definition) is 4. The van der Waals surface area contributed by atoms with Crippen molar-refractivity contribution in [3.05, 3.63) is 0 Å². The number of urea groups is 1. The van der Waals surface area contributed by atoms with Crippen LogP contribution in [-0.2, 0) is 4.79 Å². The van der Waals surface area contributed by atoms with E-state index in [1.807, 2.05) is 11.8 Å². The highest BCUT2D eigenvalue weighted by molar-refractivity contribution is 7.99. The van der Waals surface area contributed by atoms with Crippen LogP contribution in [0.4, 0.5) is 4.79 Å². The summed E-state index contributed by atoms with van der Waals surface area (Å²) < 4.78 is 0. The monoisotopic (exact) mass is 301 g/mol. The fourth-order valence-electron chi connectivity index (χ4n) is 2.62. The van der Waals surface area contributed by atoms with Gasteiger partial charge in [-0.25, -0.2) is 4.79 Å². The molecule has 2 amide bonds. The Labute approximate surface area is 123 Å². The first kappa shape index (κ1) is 15.4. The lowest BCUT2D eigenvalue weighted by Gasteiger charge is -2.31. The van der Waals surface area contributed by atoms with E-state index in [1.165, 1.54) is 11.5 Å². The molecule has 7 heteroatoms. The van der Waals surface area contributed by atoms with E-state index in [2.05, 4.69) is 10.2 Å². The van der Waals surface area contributed by atoms with Crippen molar-refractivity contribution in [1.82, 2.24) is 15.1 Å². The molecule has 2 rings (SSSR count). The number of carbonyl (C=O) groups excluding carboxylic acids is 1. The average Bonchev–Trinajstić information content (AvgIpc) is 2.48. The van der Waals surface area contributed by atoms with Crippen molar-refractivity contribution in [2.45, 2.75) is 12.8 Å². The lowest BCUT2D eigenvalue weighted by atomic mass is 9.99. The summed E-state index contributed by atoms with van der Waals surface area (Å²) in [5.74, 6) is 1.13. The van der Waals surface area contributed by atoms with Crippen molar-refractivity contribution in [3.8, 4) is 0 Å². The zero-order chi connectivity index (χ0) is 14.4. The van der Waals surface area contributed by atoms with E-state index in [4.69, 9.17) is 5.11 Å². The summed E-state index contributed by atoms with van der Waals surface area (Å²) in [5, 5.41) is 11.9. The molecule has 0 aliphatic carbocycles. The number of thioether (sulfide) groups is 1. The van der Waals surface area contributed by atoms with Crippen LogP contribution in [0.25, 0.3) is 0 Å². The molecule has 2 aliphatic rings. The number of carbonyl (C=O) groups is 2. The SMILES string of the molecule is O=C(O)C1CCCN(C(=O)NCCN2CCSCC2)C1. The normalized spacial score (nSPS) is 24.4. The van der Waals surface area contributed by atoms with E-state index in [-0.39, 0.29) is 6.03 Å². The molecule has 0 radical (unpaired) electrons. The van der Waals surface area contributed by atoms with Gasteiger partial charge in [0.1, 0.15) is 0 Å². The number of hydrogen-bond donors (Lipinski definition) is 2. The first-order valence-electron chi connectivity index (χ1n) is 7.22. The van der Waals surface area contributed by atoms with Crippen molar-refractivity contribution >= 4 is 23.8 Å². The summed E-state index contributed by atoms with van der Waals surface area (Å²) in [6.45, 7) is 4.69. The van der Waals surface area contributed by atoms with Gasteiger partial charge in [0.2, 0.25) is 0 Å². The number of likely N-dealkylation sites (tertiary alicyclic amines) is 1. The molecule has 0 aromatic heterocycles. The number of carboxylic acids is 1. The van der Waals surface area contributed by atoms with Gasteiger partial charge in [-0.1, -0.05) is 0 Å². The molecule has 0 spiro atoms. The highest BCUT2D eigenvalue weighted by atomic mass is 32.2. The Balaban J connectivity index is 1.67. The van der Waals surface area contributed by atoms with Crippen molar-refractivity contribution in [2.24, 2.45) is 5.92 Å². The zero-order valence-corrected chi connectivity index (χ0v) is 12.5. The largest absolute Gasteiger partial charge is 0.481 e. The van der Waals surface area contributed by atoms with Gasteiger partial charge < -0.3 is 15.3 Å². The Morgan fingerprint density at radius 3 is 2.70 bits per heavy atom. The number of rotatable bonds is 4. The molecule has 1 unspecified atom stereocenters. The topological polar surface area (TPSA) is 72.9 Å². The molecular weight excluding hydrogens is 278 g/mol.